The van der Waals surface area contributed by atoms with Gasteiger partial charge in [0.2, 0.25) is 0 Å². The first-order chi connectivity index (χ1) is 12.1. The summed E-state index contributed by atoms with van der Waals surface area (Å²) in [6, 6.07) is 7.92. The van der Waals surface area contributed by atoms with E-state index in [2.05, 4.69) is 4.74 Å². The van der Waals surface area contributed by atoms with Crippen LogP contribution in [0.25, 0.3) is 22.2 Å². The lowest BCUT2D eigenvalue weighted by molar-refractivity contribution is -0.137. The summed E-state index contributed by atoms with van der Waals surface area (Å²) in [6.07, 6.45) is -4.44. The first-order valence-corrected chi connectivity index (χ1v) is 8.50. The van der Waals surface area contributed by atoms with E-state index in [0.29, 0.717) is 25.7 Å². The van der Waals surface area contributed by atoms with Crippen molar-refractivity contribution in [3.63, 3.8) is 0 Å². The lowest BCUT2D eigenvalue weighted by Gasteiger charge is -2.10. The molecule has 0 radical (unpaired) electrons. The average molecular weight is 475 g/mol. The van der Waals surface area contributed by atoms with Crippen LogP contribution in [0.1, 0.15) is 15.9 Å². The van der Waals surface area contributed by atoms with Gasteiger partial charge in [-0.1, -0.05) is 12.1 Å². The zero-order valence-corrected chi connectivity index (χ0v) is 15.8. The number of carbonyl (C=O) groups is 1. The molecule has 0 aliphatic carbocycles. The van der Waals surface area contributed by atoms with Crippen molar-refractivity contribution in [2.24, 2.45) is 7.05 Å². The van der Waals surface area contributed by atoms with Crippen LogP contribution < -0.4 is 0 Å². The number of ether oxygens (including phenoxy) is 1. The predicted octanol–water partition coefficient (Wildman–Crippen LogP) is 4.96. The van der Waals surface area contributed by atoms with E-state index >= 15 is 0 Å². The number of fused-ring (bicyclic) bond motifs is 1. The maximum absolute atomic E-state index is 13.0. The van der Waals surface area contributed by atoms with E-state index in [1.54, 1.807) is 17.7 Å². The highest BCUT2D eigenvalue weighted by molar-refractivity contribution is 14.1. The first kappa shape index (κ1) is 18.6. The molecule has 0 saturated carbocycles. The molecule has 26 heavy (non-hydrogen) atoms. The monoisotopic (exact) mass is 475 g/mol. The second-order valence-electron chi connectivity index (χ2n) is 5.68. The van der Waals surface area contributed by atoms with Crippen LogP contribution in [0.15, 0.2) is 36.4 Å². The molecule has 0 unspecified atom stereocenters. The Hall–Kier alpha value is -2.23. The highest BCUT2D eigenvalue weighted by Gasteiger charge is 2.31. The summed E-state index contributed by atoms with van der Waals surface area (Å²) < 4.78 is 46.1. The van der Waals surface area contributed by atoms with Crippen LogP contribution in [0.5, 0.6) is 5.75 Å². The number of aryl methyl sites for hydroxylation is 1. The fourth-order valence-corrected chi connectivity index (χ4v) is 3.97. The van der Waals surface area contributed by atoms with Crippen LogP contribution >= 0.6 is 22.6 Å². The van der Waals surface area contributed by atoms with Crippen LogP contribution in [0, 0.1) is 3.57 Å². The summed E-state index contributed by atoms with van der Waals surface area (Å²) >= 11 is 2.02. The Bertz CT molecular complexity index is 1020. The van der Waals surface area contributed by atoms with Gasteiger partial charge >= 0.3 is 12.1 Å². The van der Waals surface area contributed by atoms with Crippen molar-refractivity contribution in [3.8, 4) is 17.0 Å². The molecule has 0 amide bonds. The maximum Gasteiger partial charge on any atom is 0.416 e. The average Bonchev–Trinajstić information content (AvgIpc) is 2.83. The molecule has 1 aromatic heterocycles. The number of esters is 1. The van der Waals surface area contributed by atoms with Gasteiger partial charge in [0.05, 0.1) is 23.9 Å². The highest BCUT2D eigenvalue weighted by atomic mass is 127. The van der Waals surface area contributed by atoms with Crippen LogP contribution in [0.4, 0.5) is 13.2 Å². The molecule has 0 spiro atoms. The summed E-state index contributed by atoms with van der Waals surface area (Å²) in [4.78, 5) is 11.8. The summed E-state index contributed by atoms with van der Waals surface area (Å²) in [5.74, 6) is -0.943. The van der Waals surface area contributed by atoms with Crippen molar-refractivity contribution in [2.45, 2.75) is 6.18 Å². The number of rotatable bonds is 2. The van der Waals surface area contributed by atoms with Gasteiger partial charge < -0.3 is 14.4 Å². The van der Waals surface area contributed by atoms with Crippen molar-refractivity contribution >= 4 is 39.5 Å². The molecule has 0 bridgehead atoms. The normalized spacial score (nSPS) is 11.8. The number of hydrogen-bond acceptors (Lipinski definition) is 3. The number of phenolic OH excluding ortho intramolecular Hbond substituents is 1. The number of carbonyl (C=O) groups excluding carboxylic acids is 1. The number of phenols is 1. The zero-order chi connectivity index (χ0) is 19.2. The third-order valence-corrected chi connectivity index (χ3v) is 5.22. The Morgan fingerprint density at radius 1 is 1.23 bits per heavy atom. The molecular weight excluding hydrogens is 462 g/mol. The number of aromatic nitrogens is 1. The van der Waals surface area contributed by atoms with E-state index in [4.69, 9.17) is 0 Å². The van der Waals surface area contributed by atoms with Crippen molar-refractivity contribution in [1.82, 2.24) is 4.57 Å². The van der Waals surface area contributed by atoms with Crippen LogP contribution in [-0.4, -0.2) is 22.8 Å². The van der Waals surface area contributed by atoms with E-state index in [-0.39, 0.29) is 11.3 Å². The molecule has 1 heterocycles. The first-order valence-electron chi connectivity index (χ1n) is 7.42. The minimum atomic E-state index is -4.44. The molecule has 3 rings (SSSR count). The third kappa shape index (κ3) is 3.02. The zero-order valence-electron chi connectivity index (χ0n) is 13.7. The summed E-state index contributed by atoms with van der Waals surface area (Å²) in [5.41, 5.74) is 0.801. The largest absolute Gasteiger partial charge is 0.507 e. The third-order valence-electron chi connectivity index (χ3n) is 4.12. The lowest BCUT2D eigenvalue weighted by Crippen LogP contribution is -2.05. The van der Waals surface area contributed by atoms with Crippen molar-refractivity contribution in [1.29, 1.82) is 0 Å². The molecule has 8 heteroatoms. The van der Waals surface area contributed by atoms with Crippen LogP contribution in [0.2, 0.25) is 0 Å². The Kier molecular flexibility index (Phi) is 4.63. The van der Waals surface area contributed by atoms with E-state index in [1.807, 2.05) is 22.6 Å². The maximum atomic E-state index is 13.0. The Morgan fingerprint density at radius 2 is 1.92 bits per heavy atom. The van der Waals surface area contributed by atoms with Gasteiger partial charge in [0.15, 0.2) is 0 Å². The fraction of sp³-hybridized carbons (Fsp3) is 0.167. The molecule has 0 aliphatic heterocycles. The molecule has 136 valence electrons. The Labute approximate surface area is 160 Å². The van der Waals surface area contributed by atoms with Gasteiger partial charge in [-0.05, 0) is 46.4 Å². The second kappa shape index (κ2) is 6.49. The second-order valence-corrected chi connectivity index (χ2v) is 6.76. The lowest BCUT2D eigenvalue weighted by atomic mass is 10.1. The SMILES string of the molecule is COC(=O)c1cc2c(I)c(-c3cccc(C(F)(F)F)c3)n(C)c2cc1O. The van der Waals surface area contributed by atoms with E-state index in [1.165, 1.54) is 25.3 Å². The molecule has 3 aromatic rings. The summed E-state index contributed by atoms with van der Waals surface area (Å²) in [5, 5.41) is 10.7. The van der Waals surface area contributed by atoms with Gasteiger partial charge in [-0.3, -0.25) is 0 Å². The number of aromatic hydroxyl groups is 1. The number of benzene rings is 2. The predicted molar refractivity (Wildman–Crippen MR) is 99.1 cm³/mol. The van der Waals surface area contributed by atoms with Gasteiger partial charge in [-0.25, -0.2) is 4.79 Å². The molecule has 0 saturated heterocycles. The van der Waals surface area contributed by atoms with Gasteiger partial charge in [0.1, 0.15) is 11.3 Å². The van der Waals surface area contributed by atoms with E-state index in [9.17, 15) is 23.1 Å². The molecule has 1 N–H and O–H groups in total. The summed E-state index contributed by atoms with van der Waals surface area (Å²) in [7, 11) is 2.90. The molecule has 0 atom stereocenters. The summed E-state index contributed by atoms with van der Waals surface area (Å²) in [6.45, 7) is 0. The van der Waals surface area contributed by atoms with Gasteiger partial charge in [0, 0.05) is 22.1 Å². The molecule has 2 aromatic carbocycles. The number of methoxy groups -OCH3 is 1. The molecule has 4 nitrogen and oxygen atoms in total. The van der Waals surface area contributed by atoms with Gasteiger partial charge in [-0.15, -0.1) is 0 Å². The topological polar surface area (TPSA) is 51.5 Å². The number of hydrogen-bond donors (Lipinski definition) is 1. The van der Waals surface area contributed by atoms with E-state index < -0.39 is 17.7 Å². The smallest absolute Gasteiger partial charge is 0.416 e. The van der Waals surface area contributed by atoms with Crippen LogP contribution in [0.3, 0.4) is 0 Å². The van der Waals surface area contributed by atoms with Gasteiger partial charge in [0.25, 0.3) is 0 Å². The Morgan fingerprint density at radius 3 is 2.54 bits per heavy atom. The quantitative estimate of drug-likeness (QED) is 0.421. The number of halogens is 4. The highest BCUT2D eigenvalue weighted by Crippen LogP contribution is 2.39. The fourth-order valence-electron chi connectivity index (χ4n) is 2.86. The van der Waals surface area contributed by atoms with Crippen molar-refractivity contribution < 1.29 is 27.8 Å². The van der Waals surface area contributed by atoms with Crippen molar-refractivity contribution in [2.75, 3.05) is 7.11 Å². The number of nitrogens with zero attached hydrogens (tertiary/aromatic N) is 1. The minimum absolute atomic E-state index is 0.000826. The molecular formula is C18H13F3INO3. The van der Waals surface area contributed by atoms with Gasteiger partial charge in [-0.2, -0.15) is 13.2 Å². The van der Waals surface area contributed by atoms with Crippen molar-refractivity contribution in [3.05, 3.63) is 51.1 Å². The standard InChI is InChI=1S/C18H13F3INO3/c1-23-13-8-14(24)12(17(25)26-2)7-11(13)15(22)16(23)9-4-3-5-10(6-9)18(19,20)21/h3-8,24H,1-2H3. The van der Waals surface area contributed by atoms with Crippen LogP contribution in [-0.2, 0) is 18.0 Å². The van der Waals surface area contributed by atoms with E-state index in [0.717, 1.165) is 12.1 Å². The Balaban J connectivity index is 2.27. The molecule has 0 aliphatic rings. The number of alkyl halides is 3. The molecule has 0 fully saturated rings. The minimum Gasteiger partial charge on any atom is -0.507 e.